The van der Waals surface area contributed by atoms with E-state index in [9.17, 15) is 19.5 Å². The maximum absolute atomic E-state index is 13.6. The van der Waals surface area contributed by atoms with Crippen molar-refractivity contribution in [2.24, 2.45) is 5.92 Å². The van der Waals surface area contributed by atoms with Crippen LogP contribution in [0.2, 0.25) is 18.6 Å². The number of amides is 2. The quantitative estimate of drug-likeness (QED) is 0.285. The first-order valence-electron chi connectivity index (χ1n) is 13.9. The Hall–Kier alpha value is -3.38. The summed E-state index contributed by atoms with van der Waals surface area (Å²) in [6.45, 7) is 6.83. The van der Waals surface area contributed by atoms with Gasteiger partial charge in [0.1, 0.15) is 0 Å². The highest BCUT2D eigenvalue weighted by Crippen LogP contribution is 2.58. The van der Waals surface area contributed by atoms with E-state index in [1.807, 2.05) is 74.7 Å². The summed E-state index contributed by atoms with van der Waals surface area (Å²) in [6, 6.07) is 15.3. The molecule has 0 aliphatic carbocycles. The van der Waals surface area contributed by atoms with Crippen molar-refractivity contribution in [2.45, 2.75) is 62.6 Å². The number of carbonyl (C=O) groups excluding carboxylic acids is 2. The van der Waals surface area contributed by atoms with E-state index in [1.54, 1.807) is 9.58 Å². The Balaban J connectivity index is 1.27. The number of nitrogens with one attached hydrogen (secondary N) is 1. The first kappa shape index (κ1) is 26.8. The first-order valence-corrected chi connectivity index (χ1v) is 16.9. The molecule has 10 nitrogen and oxygen atoms in total. The van der Waals surface area contributed by atoms with Crippen LogP contribution in [-0.4, -0.2) is 64.3 Å². The summed E-state index contributed by atoms with van der Waals surface area (Å²) in [5.41, 5.74) is 2.35. The Bertz CT molecular complexity index is 1440. The van der Waals surface area contributed by atoms with Gasteiger partial charge < -0.3 is 24.9 Å². The number of anilines is 2. The number of nitrogens with zero attached hydrogens (tertiary/aromatic N) is 4. The zero-order chi connectivity index (χ0) is 28.2. The van der Waals surface area contributed by atoms with Gasteiger partial charge in [-0.1, -0.05) is 42.5 Å². The van der Waals surface area contributed by atoms with Gasteiger partial charge in [-0.3, -0.25) is 14.3 Å². The van der Waals surface area contributed by atoms with Gasteiger partial charge in [0.2, 0.25) is 5.91 Å². The Morgan fingerprint density at radius 3 is 2.62 bits per heavy atom. The summed E-state index contributed by atoms with van der Waals surface area (Å²) >= 11 is 0. The van der Waals surface area contributed by atoms with Crippen molar-refractivity contribution in [3.8, 4) is 0 Å². The van der Waals surface area contributed by atoms with Crippen molar-refractivity contribution in [1.29, 1.82) is 0 Å². The fourth-order valence-electron chi connectivity index (χ4n) is 6.81. The number of aromatic nitrogens is 3. The van der Waals surface area contributed by atoms with Crippen LogP contribution in [0.25, 0.3) is 0 Å². The number of β-lactam (4-membered cyclic amide) rings is 1. The summed E-state index contributed by atoms with van der Waals surface area (Å²) in [5, 5.41) is 21.7. The lowest BCUT2D eigenvalue weighted by molar-refractivity contribution is -0.143. The lowest BCUT2D eigenvalue weighted by Gasteiger charge is -2.33. The van der Waals surface area contributed by atoms with Gasteiger partial charge in [0, 0.05) is 54.1 Å². The number of rotatable bonds is 8. The molecule has 3 aromatic rings. The lowest BCUT2D eigenvalue weighted by atomic mass is 9.82. The van der Waals surface area contributed by atoms with Crippen LogP contribution < -0.4 is 10.2 Å². The fraction of sp³-hybridized carbons (Fsp3) is 0.448. The number of aliphatic hydroxyl groups excluding tert-OH is 1. The van der Waals surface area contributed by atoms with Crippen molar-refractivity contribution in [3.63, 3.8) is 0 Å². The van der Waals surface area contributed by atoms with Gasteiger partial charge in [-0.2, -0.15) is 0 Å². The molecule has 2 aromatic carbocycles. The van der Waals surface area contributed by atoms with Gasteiger partial charge in [0.05, 0.1) is 24.3 Å². The third kappa shape index (κ3) is 4.28. The molecule has 3 N–H and O–H groups in total. The number of benzene rings is 2. The van der Waals surface area contributed by atoms with Crippen LogP contribution in [0.15, 0.2) is 54.7 Å². The van der Waals surface area contributed by atoms with E-state index < -0.39 is 13.9 Å². The predicted molar refractivity (Wildman–Crippen MR) is 151 cm³/mol. The molecule has 5 atom stereocenters. The van der Waals surface area contributed by atoms with Crippen LogP contribution in [-0.2, 0) is 26.5 Å². The van der Waals surface area contributed by atoms with Crippen molar-refractivity contribution < 1.29 is 24.2 Å². The van der Waals surface area contributed by atoms with E-state index in [0.29, 0.717) is 37.3 Å². The molecule has 0 saturated carbocycles. The van der Waals surface area contributed by atoms with Crippen LogP contribution in [0.5, 0.6) is 0 Å². The van der Waals surface area contributed by atoms with E-state index in [2.05, 4.69) is 15.6 Å². The topological polar surface area (TPSA) is 130 Å². The van der Waals surface area contributed by atoms with Gasteiger partial charge in [-0.25, -0.2) is 0 Å². The molecule has 2 saturated heterocycles. The summed E-state index contributed by atoms with van der Waals surface area (Å²) in [4.78, 5) is 38.8. The number of fused-ring (bicyclic) bond motifs is 2. The van der Waals surface area contributed by atoms with Crippen LogP contribution in [0.1, 0.15) is 42.5 Å². The Morgan fingerprint density at radius 1 is 1.20 bits per heavy atom. The molecule has 0 bridgehead atoms. The number of hydrogen-bond donors (Lipinski definition) is 3. The van der Waals surface area contributed by atoms with Gasteiger partial charge in [-0.05, 0) is 43.3 Å². The van der Waals surface area contributed by atoms with E-state index >= 15 is 0 Å². The number of carbonyl (C=O) groups is 2. The van der Waals surface area contributed by atoms with E-state index in [1.165, 1.54) is 0 Å². The van der Waals surface area contributed by atoms with Gasteiger partial charge in [0.15, 0.2) is 13.9 Å². The highest BCUT2D eigenvalue weighted by Gasteiger charge is 2.64. The standard InChI is InChI=1S/C29H35N5O5Si/c1-18-27(40(2,3)38)25(11-13-33-16-24(31-32-33)21(17-35)19-7-5-4-6-8-19)39-29(18)22-15-20(34-14-12-26(34)36)9-10-23(22)30-28(29)37/h4-10,15-16,18,21,25,27,35,38H,11-14,17H2,1-3H3,(H,30,37)/t18-,21?,25+,27-,29+/m1/s1. The molecular weight excluding hydrogens is 526 g/mol. The molecule has 6 rings (SSSR count). The second-order valence-electron chi connectivity index (χ2n) is 11.7. The Morgan fingerprint density at radius 2 is 1.98 bits per heavy atom. The largest absolute Gasteiger partial charge is 0.432 e. The maximum Gasteiger partial charge on any atom is 0.261 e. The average Bonchev–Trinajstić information content (AvgIpc) is 3.58. The monoisotopic (exact) mass is 561 g/mol. The molecular formula is C29H35N5O5Si. The summed E-state index contributed by atoms with van der Waals surface area (Å²) in [7, 11) is -2.79. The van der Waals surface area contributed by atoms with Gasteiger partial charge in [-0.15, -0.1) is 5.10 Å². The van der Waals surface area contributed by atoms with E-state index in [-0.39, 0.29) is 41.9 Å². The number of aryl methyl sites for hydroxylation is 1. The van der Waals surface area contributed by atoms with E-state index in [4.69, 9.17) is 4.74 Å². The third-order valence-electron chi connectivity index (χ3n) is 8.82. The molecule has 1 spiro atoms. The number of ether oxygens (including phenoxy) is 1. The van der Waals surface area contributed by atoms with Gasteiger partial charge in [0.25, 0.3) is 5.91 Å². The third-order valence-corrected chi connectivity index (χ3v) is 11.3. The zero-order valence-corrected chi connectivity index (χ0v) is 23.9. The van der Waals surface area contributed by atoms with Crippen LogP contribution in [0.4, 0.5) is 11.4 Å². The highest BCUT2D eigenvalue weighted by atomic mass is 28.4. The van der Waals surface area contributed by atoms with Crippen molar-refractivity contribution in [1.82, 2.24) is 15.0 Å². The first-order chi connectivity index (χ1) is 19.1. The fourth-order valence-corrected chi connectivity index (χ4v) is 9.41. The molecule has 3 aliphatic heterocycles. The van der Waals surface area contributed by atoms with Crippen LogP contribution in [0.3, 0.4) is 0 Å². The SMILES string of the molecule is C[C@@H]1[C@@H]([Si](C)(C)O)[C@H](CCn2cc(C(CO)c3ccccc3)nn2)O[C@@]12C(=O)Nc1ccc(N3CCC3=O)cc12. The Kier molecular flexibility index (Phi) is 6.65. The average molecular weight is 562 g/mol. The molecule has 2 amide bonds. The van der Waals surface area contributed by atoms with Crippen molar-refractivity contribution in [2.75, 3.05) is 23.4 Å². The normalized spacial score (nSPS) is 26.6. The number of hydrogen-bond acceptors (Lipinski definition) is 7. The summed E-state index contributed by atoms with van der Waals surface area (Å²) in [5.74, 6) is -0.724. The zero-order valence-electron chi connectivity index (χ0n) is 22.9. The minimum Gasteiger partial charge on any atom is -0.432 e. The molecule has 4 heterocycles. The molecule has 1 unspecified atom stereocenters. The van der Waals surface area contributed by atoms with Crippen molar-refractivity contribution >= 4 is 31.5 Å². The van der Waals surface area contributed by atoms with Crippen molar-refractivity contribution in [3.05, 3.63) is 71.5 Å². The second kappa shape index (κ2) is 9.91. The highest BCUT2D eigenvalue weighted by molar-refractivity contribution is 6.71. The minimum atomic E-state index is -2.79. The molecule has 11 heteroatoms. The second-order valence-corrected chi connectivity index (χ2v) is 15.7. The lowest BCUT2D eigenvalue weighted by Crippen LogP contribution is -2.44. The maximum atomic E-state index is 13.6. The Labute approximate surface area is 234 Å². The van der Waals surface area contributed by atoms with Crippen LogP contribution >= 0.6 is 0 Å². The molecule has 210 valence electrons. The summed E-state index contributed by atoms with van der Waals surface area (Å²) < 4.78 is 8.47. The number of aliphatic hydroxyl groups is 1. The van der Waals surface area contributed by atoms with Gasteiger partial charge >= 0.3 is 0 Å². The molecule has 40 heavy (non-hydrogen) atoms. The summed E-state index contributed by atoms with van der Waals surface area (Å²) in [6.07, 6.45) is 2.50. The molecule has 3 aliphatic rings. The predicted octanol–water partition coefficient (Wildman–Crippen LogP) is 2.98. The van der Waals surface area contributed by atoms with Crippen LogP contribution in [0, 0.1) is 5.92 Å². The smallest absolute Gasteiger partial charge is 0.261 e. The molecule has 1 aromatic heterocycles. The molecule has 0 radical (unpaired) electrons. The molecule has 2 fully saturated rings. The minimum absolute atomic E-state index is 0.0641. The van der Waals surface area contributed by atoms with E-state index in [0.717, 1.165) is 16.8 Å².